The minimum absolute atomic E-state index is 0.159. The summed E-state index contributed by atoms with van der Waals surface area (Å²) < 4.78 is 10.5. The second kappa shape index (κ2) is 5.39. The normalized spacial score (nSPS) is 14.7. The highest BCUT2D eigenvalue weighted by molar-refractivity contribution is 6.08. The maximum absolute atomic E-state index is 12.6. The highest BCUT2D eigenvalue weighted by atomic mass is 16.5. The summed E-state index contributed by atoms with van der Waals surface area (Å²) in [6.45, 7) is 5.84. The number of imide groups is 1. The predicted octanol–water partition coefficient (Wildman–Crippen LogP) is 2.27. The van der Waals surface area contributed by atoms with E-state index in [9.17, 15) is 9.59 Å². The molecule has 0 unspecified atom stereocenters. The molecule has 1 aliphatic heterocycles. The second-order valence-corrected chi connectivity index (χ2v) is 6.13. The minimum atomic E-state index is -0.580. The molecule has 1 heterocycles. The van der Waals surface area contributed by atoms with Gasteiger partial charge in [-0.15, -0.1) is 0 Å². The van der Waals surface area contributed by atoms with Crippen LogP contribution >= 0.6 is 0 Å². The van der Waals surface area contributed by atoms with E-state index in [4.69, 9.17) is 9.47 Å². The Morgan fingerprint density at radius 2 is 1.71 bits per heavy atom. The van der Waals surface area contributed by atoms with Crippen molar-refractivity contribution in [2.75, 3.05) is 20.8 Å². The van der Waals surface area contributed by atoms with Crippen molar-refractivity contribution in [1.82, 2.24) is 4.90 Å². The van der Waals surface area contributed by atoms with Gasteiger partial charge in [0.25, 0.3) is 5.91 Å². The Morgan fingerprint density at radius 3 is 2.24 bits per heavy atom. The van der Waals surface area contributed by atoms with Crippen LogP contribution in [0.4, 0.5) is 0 Å². The summed E-state index contributed by atoms with van der Waals surface area (Å²) in [5.74, 6) is 0.666. The number of benzene rings is 1. The molecule has 0 aromatic heterocycles. The van der Waals surface area contributed by atoms with Crippen LogP contribution in [0.3, 0.4) is 0 Å². The molecule has 21 heavy (non-hydrogen) atoms. The van der Waals surface area contributed by atoms with E-state index in [-0.39, 0.29) is 11.8 Å². The lowest BCUT2D eigenvalue weighted by molar-refractivity contribution is -0.136. The molecule has 5 heteroatoms. The lowest BCUT2D eigenvalue weighted by atomic mass is 9.91. The van der Waals surface area contributed by atoms with Crippen LogP contribution in [0.25, 0.3) is 0 Å². The fraction of sp³-hybridized carbons (Fsp3) is 0.500. The van der Waals surface area contributed by atoms with E-state index in [0.717, 1.165) is 5.56 Å². The van der Waals surface area contributed by atoms with Gasteiger partial charge >= 0.3 is 0 Å². The molecule has 114 valence electrons. The van der Waals surface area contributed by atoms with Crippen LogP contribution in [0.2, 0.25) is 0 Å². The number of rotatable bonds is 2. The highest BCUT2D eigenvalue weighted by Gasteiger charge is 2.35. The number of fused-ring (bicyclic) bond motifs is 1. The third-order valence-corrected chi connectivity index (χ3v) is 3.58. The van der Waals surface area contributed by atoms with Gasteiger partial charge in [-0.05, 0) is 24.1 Å². The number of carbonyl (C=O) groups is 2. The molecule has 0 aliphatic carbocycles. The van der Waals surface area contributed by atoms with Crippen LogP contribution < -0.4 is 9.47 Å². The largest absolute Gasteiger partial charge is 0.493 e. The molecule has 0 saturated heterocycles. The van der Waals surface area contributed by atoms with Gasteiger partial charge in [0, 0.05) is 17.5 Å². The molecule has 5 nitrogen and oxygen atoms in total. The molecule has 2 amide bonds. The number of hydrogen-bond donors (Lipinski definition) is 0. The molecule has 0 atom stereocenters. The molecule has 0 radical (unpaired) electrons. The zero-order valence-corrected chi connectivity index (χ0v) is 13.1. The molecule has 1 aromatic carbocycles. The van der Waals surface area contributed by atoms with Crippen LogP contribution in [0.1, 0.15) is 36.7 Å². The Balaban J connectivity index is 2.42. The first-order valence-corrected chi connectivity index (χ1v) is 6.90. The number of nitrogens with zero attached hydrogens (tertiary/aromatic N) is 1. The van der Waals surface area contributed by atoms with E-state index in [1.165, 1.54) is 12.0 Å². The molecular formula is C16H21NO4. The summed E-state index contributed by atoms with van der Waals surface area (Å²) in [5.41, 5.74) is 0.816. The van der Waals surface area contributed by atoms with Crippen LogP contribution in [0, 0.1) is 5.41 Å². The van der Waals surface area contributed by atoms with Crippen LogP contribution in [-0.4, -0.2) is 37.5 Å². The first kappa shape index (κ1) is 15.4. The topological polar surface area (TPSA) is 55.8 Å². The van der Waals surface area contributed by atoms with E-state index in [1.54, 1.807) is 13.2 Å². The van der Waals surface area contributed by atoms with E-state index >= 15 is 0 Å². The Bertz CT molecular complexity index is 587. The van der Waals surface area contributed by atoms with Crippen molar-refractivity contribution in [2.45, 2.75) is 27.2 Å². The Hall–Kier alpha value is -2.04. The van der Waals surface area contributed by atoms with Gasteiger partial charge < -0.3 is 9.47 Å². The fourth-order valence-corrected chi connectivity index (χ4v) is 2.40. The molecule has 0 fully saturated rings. The standard InChI is InChI=1S/C16H21NO4/c1-16(2,3)15(19)17-7-6-10-8-12(20-4)13(21-5)9-11(10)14(17)18/h8-9H,6-7H2,1-5H3. The fourth-order valence-electron chi connectivity index (χ4n) is 2.40. The van der Waals surface area contributed by atoms with Crippen LogP contribution in [-0.2, 0) is 11.2 Å². The van der Waals surface area contributed by atoms with Crippen molar-refractivity contribution in [3.8, 4) is 11.5 Å². The van der Waals surface area contributed by atoms with E-state index in [2.05, 4.69) is 0 Å². The van der Waals surface area contributed by atoms with Gasteiger partial charge in [0.15, 0.2) is 11.5 Å². The highest BCUT2D eigenvalue weighted by Crippen LogP contribution is 2.34. The first-order chi connectivity index (χ1) is 9.79. The summed E-state index contributed by atoms with van der Waals surface area (Å²) in [5, 5.41) is 0. The van der Waals surface area contributed by atoms with Crippen LogP contribution in [0.15, 0.2) is 12.1 Å². The molecule has 0 spiro atoms. The van der Waals surface area contributed by atoms with Crippen LogP contribution in [0.5, 0.6) is 11.5 Å². The van der Waals surface area contributed by atoms with Crippen molar-refractivity contribution in [2.24, 2.45) is 5.41 Å². The zero-order valence-electron chi connectivity index (χ0n) is 13.1. The van der Waals surface area contributed by atoms with Crippen molar-refractivity contribution in [3.63, 3.8) is 0 Å². The third kappa shape index (κ3) is 2.73. The van der Waals surface area contributed by atoms with Crippen molar-refractivity contribution in [3.05, 3.63) is 23.3 Å². The molecule has 2 rings (SSSR count). The predicted molar refractivity (Wildman–Crippen MR) is 78.7 cm³/mol. The Labute approximate surface area is 124 Å². The molecule has 1 aromatic rings. The number of hydrogen-bond acceptors (Lipinski definition) is 4. The van der Waals surface area contributed by atoms with Gasteiger partial charge in [0.05, 0.1) is 14.2 Å². The average Bonchev–Trinajstić information content (AvgIpc) is 2.44. The summed E-state index contributed by atoms with van der Waals surface area (Å²) in [4.78, 5) is 26.3. The van der Waals surface area contributed by atoms with Gasteiger partial charge in [-0.25, -0.2) is 0 Å². The van der Waals surface area contributed by atoms with Crippen molar-refractivity contribution >= 4 is 11.8 Å². The smallest absolute Gasteiger partial charge is 0.260 e. The monoisotopic (exact) mass is 291 g/mol. The maximum atomic E-state index is 12.6. The summed E-state index contributed by atoms with van der Waals surface area (Å²) >= 11 is 0. The van der Waals surface area contributed by atoms with Crippen molar-refractivity contribution < 1.29 is 19.1 Å². The summed E-state index contributed by atoms with van der Waals surface area (Å²) in [7, 11) is 3.08. The number of ether oxygens (including phenoxy) is 2. The van der Waals surface area contributed by atoms with Gasteiger partial charge in [0.1, 0.15) is 0 Å². The van der Waals surface area contributed by atoms with Gasteiger partial charge in [-0.1, -0.05) is 20.8 Å². The van der Waals surface area contributed by atoms with E-state index < -0.39 is 5.41 Å². The van der Waals surface area contributed by atoms with Gasteiger partial charge in [-0.3, -0.25) is 14.5 Å². The molecule has 1 aliphatic rings. The molecule has 0 N–H and O–H groups in total. The second-order valence-electron chi connectivity index (χ2n) is 6.13. The molecular weight excluding hydrogens is 270 g/mol. The number of methoxy groups -OCH3 is 2. The number of amides is 2. The van der Waals surface area contributed by atoms with E-state index in [1.807, 2.05) is 26.8 Å². The lowest BCUT2D eigenvalue weighted by Gasteiger charge is -2.32. The molecule has 0 bridgehead atoms. The van der Waals surface area contributed by atoms with Gasteiger partial charge in [-0.2, -0.15) is 0 Å². The quantitative estimate of drug-likeness (QED) is 0.839. The average molecular weight is 291 g/mol. The lowest BCUT2D eigenvalue weighted by Crippen LogP contribution is -2.47. The maximum Gasteiger partial charge on any atom is 0.260 e. The summed E-state index contributed by atoms with van der Waals surface area (Å²) in [6, 6.07) is 3.46. The van der Waals surface area contributed by atoms with E-state index in [0.29, 0.717) is 30.0 Å². The first-order valence-electron chi connectivity index (χ1n) is 6.90. The third-order valence-electron chi connectivity index (χ3n) is 3.58. The number of carbonyl (C=O) groups excluding carboxylic acids is 2. The van der Waals surface area contributed by atoms with Crippen molar-refractivity contribution in [1.29, 1.82) is 0 Å². The minimum Gasteiger partial charge on any atom is -0.493 e. The SMILES string of the molecule is COc1cc2c(cc1OC)C(=O)N(C(=O)C(C)(C)C)CC2. The summed E-state index contributed by atoms with van der Waals surface area (Å²) in [6.07, 6.45) is 0.628. The Kier molecular flexibility index (Phi) is 3.94. The zero-order chi connectivity index (χ0) is 15.8. The van der Waals surface area contributed by atoms with Gasteiger partial charge in [0.2, 0.25) is 5.91 Å². The molecule has 0 saturated carbocycles. The Morgan fingerprint density at radius 1 is 1.14 bits per heavy atom.